The van der Waals surface area contributed by atoms with Crippen molar-refractivity contribution in [1.82, 2.24) is 4.90 Å². The van der Waals surface area contributed by atoms with Crippen LogP contribution in [0.5, 0.6) is 0 Å². The Kier molecular flexibility index (Phi) is 4.53. The third kappa shape index (κ3) is 3.32. The zero-order valence-corrected chi connectivity index (χ0v) is 13.6. The highest BCUT2D eigenvalue weighted by Crippen LogP contribution is 2.34. The summed E-state index contributed by atoms with van der Waals surface area (Å²) in [6, 6.07) is 12.2. The van der Waals surface area contributed by atoms with Gasteiger partial charge in [-0.05, 0) is 49.1 Å². The normalized spacial score (nSPS) is 17.3. The van der Waals surface area contributed by atoms with Crippen molar-refractivity contribution >= 4 is 23.3 Å². The number of hydrogen-bond donors (Lipinski definition) is 1. The molecule has 120 valence electrons. The molecule has 2 aromatic carbocycles. The molecule has 0 saturated carbocycles. The van der Waals surface area contributed by atoms with E-state index in [1.165, 1.54) is 29.3 Å². The molecule has 1 heterocycles. The molecule has 5 heteroatoms. The van der Waals surface area contributed by atoms with Crippen molar-refractivity contribution in [3.63, 3.8) is 0 Å². The number of amides is 2. The molecule has 2 aromatic rings. The van der Waals surface area contributed by atoms with Crippen LogP contribution in [0, 0.1) is 12.7 Å². The second-order valence-corrected chi connectivity index (χ2v) is 6.17. The summed E-state index contributed by atoms with van der Waals surface area (Å²) in [5.74, 6) is -0.497. The van der Waals surface area contributed by atoms with Crippen molar-refractivity contribution in [3.05, 3.63) is 64.4 Å². The first-order valence-electron chi connectivity index (χ1n) is 7.64. The SMILES string of the molecule is Cc1ccccc1[C@@H]1CCCN1C(=O)Nc1ccc(F)c(Cl)c1. The van der Waals surface area contributed by atoms with E-state index in [2.05, 4.69) is 24.4 Å². The lowest BCUT2D eigenvalue weighted by molar-refractivity contribution is 0.207. The van der Waals surface area contributed by atoms with Gasteiger partial charge in [0.1, 0.15) is 5.82 Å². The molecule has 0 aromatic heterocycles. The van der Waals surface area contributed by atoms with E-state index in [0.29, 0.717) is 12.2 Å². The number of nitrogens with zero attached hydrogens (tertiary/aromatic N) is 1. The second kappa shape index (κ2) is 6.59. The molecule has 1 saturated heterocycles. The van der Waals surface area contributed by atoms with Gasteiger partial charge < -0.3 is 10.2 Å². The molecular formula is C18H18ClFN2O. The van der Waals surface area contributed by atoms with E-state index >= 15 is 0 Å². The Morgan fingerprint density at radius 2 is 2.09 bits per heavy atom. The quantitative estimate of drug-likeness (QED) is 0.809. The zero-order valence-electron chi connectivity index (χ0n) is 12.9. The van der Waals surface area contributed by atoms with E-state index in [0.717, 1.165) is 12.8 Å². The van der Waals surface area contributed by atoms with Crippen molar-refractivity contribution in [1.29, 1.82) is 0 Å². The largest absolute Gasteiger partial charge is 0.322 e. The maximum Gasteiger partial charge on any atom is 0.322 e. The molecule has 0 bridgehead atoms. The van der Waals surface area contributed by atoms with Crippen molar-refractivity contribution < 1.29 is 9.18 Å². The first-order chi connectivity index (χ1) is 11.1. The van der Waals surface area contributed by atoms with E-state index in [9.17, 15) is 9.18 Å². The van der Waals surface area contributed by atoms with Gasteiger partial charge in [-0.2, -0.15) is 0 Å². The fraction of sp³-hybridized carbons (Fsp3) is 0.278. The minimum absolute atomic E-state index is 0.000300. The highest BCUT2D eigenvalue weighted by Gasteiger charge is 2.30. The standard InChI is InChI=1S/C18H18ClFN2O/c1-12-5-2-3-6-14(12)17-7-4-10-22(17)18(23)21-13-8-9-16(20)15(19)11-13/h2-3,5-6,8-9,11,17H,4,7,10H2,1H3,(H,21,23)/t17-/m0/s1. The minimum atomic E-state index is -0.497. The Morgan fingerprint density at radius 3 is 2.83 bits per heavy atom. The topological polar surface area (TPSA) is 32.3 Å². The number of aryl methyl sites for hydroxylation is 1. The van der Waals surface area contributed by atoms with Crippen molar-refractivity contribution in [2.75, 3.05) is 11.9 Å². The van der Waals surface area contributed by atoms with Crippen molar-refractivity contribution in [2.45, 2.75) is 25.8 Å². The highest BCUT2D eigenvalue weighted by molar-refractivity contribution is 6.31. The first kappa shape index (κ1) is 15.8. The zero-order chi connectivity index (χ0) is 16.4. The number of hydrogen-bond acceptors (Lipinski definition) is 1. The van der Waals surface area contributed by atoms with Crippen LogP contribution >= 0.6 is 11.6 Å². The molecule has 1 aliphatic rings. The van der Waals surface area contributed by atoms with Gasteiger partial charge in [0.05, 0.1) is 11.1 Å². The van der Waals surface area contributed by atoms with Gasteiger partial charge in [0, 0.05) is 12.2 Å². The molecule has 1 aliphatic heterocycles. The van der Waals surface area contributed by atoms with Gasteiger partial charge in [0.15, 0.2) is 0 Å². The Labute approximate surface area is 140 Å². The third-order valence-electron chi connectivity index (χ3n) is 4.23. The van der Waals surface area contributed by atoms with Crippen LogP contribution in [0.15, 0.2) is 42.5 Å². The summed E-state index contributed by atoms with van der Waals surface area (Å²) >= 11 is 5.76. The third-order valence-corrected chi connectivity index (χ3v) is 4.52. The molecular weight excluding hydrogens is 315 g/mol. The summed E-state index contributed by atoms with van der Waals surface area (Å²) in [7, 11) is 0. The van der Waals surface area contributed by atoms with Crippen molar-refractivity contribution in [2.24, 2.45) is 0 Å². The van der Waals surface area contributed by atoms with Crippen LogP contribution in [0.4, 0.5) is 14.9 Å². The molecule has 23 heavy (non-hydrogen) atoms. The maximum atomic E-state index is 13.2. The summed E-state index contributed by atoms with van der Waals surface area (Å²) in [5.41, 5.74) is 2.86. The Balaban J connectivity index is 1.78. The fourth-order valence-electron chi connectivity index (χ4n) is 3.06. The van der Waals surface area contributed by atoms with Crippen LogP contribution in [0.2, 0.25) is 5.02 Å². The maximum absolute atomic E-state index is 13.2. The van der Waals surface area contributed by atoms with Gasteiger partial charge in [0.2, 0.25) is 0 Å². The molecule has 1 fully saturated rings. The minimum Gasteiger partial charge on any atom is -0.317 e. The number of anilines is 1. The number of carbonyl (C=O) groups excluding carboxylic acids is 1. The van der Waals surface area contributed by atoms with Gasteiger partial charge in [-0.3, -0.25) is 0 Å². The van der Waals surface area contributed by atoms with Gasteiger partial charge in [-0.25, -0.2) is 9.18 Å². The summed E-state index contributed by atoms with van der Waals surface area (Å²) in [5, 5.41) is 2.81. The Bertz CT molecular complexity index is 735. The molecule has 0 aliphatic carbocycles. The number of carbonyl (C=O) groups is 1. The molecule has 3 nitrogen and oxygen atoms in total. The Hall–Kier alpha value is -2.07. The number of benzene rings is 2. The average Bonchev–Trinajstić information content (AvgIpc) is 3.01. The summed E-state index contributed by atoms with van der Waals surface area (Å²) in [6.07, 6.45) is 1.92. The van der Waals surface area contributed by atoms with E-state index < -0.39 is 5.82 Å². The van der Waals surface area contributed by atoms with E-state index in [1.54, 1.807) is 0 Å². The van der Waals surface area contributed by atoms with Gasteiger partial charge in [0.25, 0.3) is 0 Å². The lowest BCUT2D eigenvalue weighted by atomic mass is 9.99. The molecule has 0 spiro atoms. The fourth-order valence-corrected chi connectivity index (χ4v) is 3.24. The highest BCUT2D eigenvalue weighted by atomic mass is 35.5. The second-order valence-electron chi connectivity index (χ2n) is 5.77. The predicted molar refractivity (Wildman–Crippen MR) is 90.3 cm³/mol. The smallest absolute Gasteiger partial charge is 0.317 e. The van der Waals surface area contributed by atoms with Crippen LogP contribution < -0.4 is 5.32 Å². The van der Waals surface area contributed by atoms with Gasteiger partial charge in [-0.15, -0.1) is 0 Å². The average molecular weight is 333 g/mol. The summed E-state index contributed by atoms with van der Waals surface area (Å²) in [4.78, 5) is 14.4. The molecule has 2 amide bonds. The lowest BCUT2D eigenvalue weighted by Gasteiger charge is -2.26. The summed E-state index contributed by atoms with van der Waals surface area (Å²) < 4.78 is 13.2. The first-order valence-corrected chi connectivity index (χ1v) is 8.02. The number of nitrogens with one attached hydrogen (secondary N) is 1. The van der Waals surface area contributed by atoms with Gasteiger partial charge in [-0.1, -0.05) is 35.9 Å². The predicted octanol–water partition coefficient (Wildman–Crippen LogP) is 5.16. The summed E-state index contributed by atoms with van der Waals surface area (Å²) in [6.45, 7) is 2.77. The number of rotatable bonds is 2. The van der Waals surface area contributed by atoms with Crippen LogP contribution in [-0.4, -0.2) is 17.5 Å². The number of urea groups is 1. The molecule has 3 rings (SSSR count). The number of likely N-dealkylation sites (tertiary alicyclic amines) is 1. The van der Waals surface area contributed by atoms with Crippen LogP contribution in [0.3, 0.4) is 0 Å². The lowest BCUT2D eigenvalue weighted by Crippen LogP contribution is -2.34. The Morgan fingerprint density at radius 1 is 1.30 bits per heavy atom. The molecule has 0 radical (unpaired) electrons. The monoisotopic (exact) mass is 332 g/mol. The molecule has 0 unspecified atom stereocenters. The van der Waals surface area contributed by atoms with Crippen molar-refractivity contribution in [3.8, 4) is 0 Å². The van der Waals surface area contributed by atoms with Crippen LogP contribution in [0.1, 0.15) is 30.0 Å². The number of halogens is 2. The molecule has 1 N–H and O–H groups in total. The molecule has 1 atom stereocenters. The van der Waals surface area contributed by atoms with Gasteiger partial charge >= 0.3 is 6.03 Å². The van der Waals surface area contributed by atoms with E-state index in [4.69, 9.17) is 11.6 Å². The van der Waals surface area contributed by atoms with Crippen LogP contribution in [0.25, 0.3) is 0 Å². The van der Waals surface area contributed by atoms with Crippen LogP contribution in [-0.2, 0) is 0 Å². The van der Waals surface area contributed by atoms with E-state index in [1.807, 2.05) is 17.0 Å². The van der Waals surface area contributed by atoms with E-state index in [-0.39, 0.29) is 17.1 Å².